The zero-order valence-electron chi connectivity index (χ0n) is 11.7. The van der Waals surface area contributed by atoms with Gasteiger partial charge in [-0.3, -0.25) is 4.79 Å². The third-order valence-electron chi connectivity index (χ3n) is 3.95. The molecular formula is C13H16N4O3S. The van der Waals surface area contributed by atoms with Gasteiger partial charge in [-0.1, -0.05) is 11.8 Å². The van der Waals surface area contributed by atoms with Crippen molar-refractivity contribution < 1.29 is 14.7 Å². The van der Waals surface area contributed by atoms with Crippen LogP contribution in [0.15, 0.2) is 11.4 Å². The number of piperidine rings is 1. The van der Waals surface area contributed by atoms with Gasteiger partial charge < -0.3 is 14.9 Å². The minimum atomic E-state index is -0.923. The number of thioether (sulfide) groups is 1. The second-order valence-electron chi connectivity index (χ2n) is 5.17. The molecular weight excluding hydrogens is 292 g/mol. The lowest BCUT2D eigenvalue weighted by Crippen LogP contribution is -2.49. The van der Waals surface area contributed by atoms with Gasteiger partial charge in [0, 0.05) is 19.3 Å². The molecule has 0 aliphatic carbocycles. The molecule has 1 fully saturated rings. The van der Waals surface area contributed by atoms with Gasteiger partial charge in [0.05, 0.1) is 23.8 Å². The van der Waals surface area contributed by atoms with Crippen LogP contribution in [0.5, 0.6) is 0 Å². The van der Waals surface area contributed by atoms with Crippen molar-refractivity contribution in [1.82, 2.24) is 19.8 Å². The highest BCUT2D eigenvalue weighted by Gasteiger charge is 2.37. The summed E-state index contributed by atoms with van der Waals surface area (Å²) in [6.45, 7) is 1.36. The molecule has 21 heavy (non-hydrogen) atoms. The Morgan fingerprint density at radius 2 is 2.33 bits per heavy atom. The Kier molecular flexibility index (Phi) is 3.71. The Labute approximate surface area is 126 Å². The first-order valence-corrected chi connectivity index (χ1v) is 8.01. The van der Waals surface area contributed by atoms with Crippen LogP contribution in [-0.4, -0.2) is 62.3 Å². The molecule has 3 rings (SSSR count). The molecule has 2 aliphatic rings. The Morgan fingerprint density at radius 3 is 3.05 bits per heavy atom. The first kappa shape index (κ1) is 14.1. The number of hydrogen-bond donors (Lipinski definition) is 1. The molecule has 0 radical (unpaired) electrons. The highest BCUT2D eigenvalue weighted by atomic mass is 32.2. The molecule has 1 N–H and O–H groups in total. The van der Waals surface area contributed by atoms with Gasteiger partial charge in [-0.25, -0.2) is 14.8 Å². The number of amides is 2. The molecule has 0 bridgehead atoms. The molecule has 3 heterocycles. The summed E-state index contributed by atoms with van der Waals surface area (Å²) in [5, 5.41) is 9.76. The predicted octanol–water partition coefficient (Wildman–Crippen LogP) is 1.30. The van der Waals surface area contributed by atoms with E-state index in [1.54, 1.807) is 11.1 Å². The molecule has 0 aromatic carbocycles. The van der Waals surface area contributed by atoms with E-state index in [9.17, 15) is 9.59 Å². The first-order valence-electron chi connectivity index (χ1n) is 6.79. The number of fused-ring (bicyclic) bond motifs is 1. The van der Waals surface area contributed by atoms with Crippen LogP contribution in [0.4, 0.5) is 4.79 Å². The quantitative estimate of drug-likeness (QED) is 0.654. The number of carbonyl (C=O) groups excluding carboxylic acids is 1. The third kappa shape index (κ3) is 2.55. The molecule has 0 saturated carbocycles. The van der Waals surface area contributed by atoms with Crippen LogP contribution in [0.1, 0.15) is 28.9 Å². The number of rotatable bonds is 2. The van der Waals surface area contributed by atoms with Crippen molar-refractivity contribution in [2.45, 2.75) is 30.6 Å². The van der Waals surface area contributed by atoms with Gasteiger partial charge in [0.25, 0.3) is 5.91 Å². The minimum absolute atomic E-state index is 0.0747. The van der Waals surface area contributed by atoms with Crippen LogP contribution >= 0.6 is 11.8 Å². The normalized spacial score (nSPS) is 21.6. The summed E-state index contributed by atoms with van der Waals surface area (Å²) < 4.78 is 0. The highest BCUT2D eigenvalue weighted by Crippen LogP contribution is 2.27. The average molecular weight is 308 g/mol. The minimum Gasteiger partial charge on any atom is -0.465 e. The van der Waals surface area contributed by atoms with Gasteiger partial charge >= 0.3 is 6.09 Å². The largest absolute Gasteiger partial charge is 0.465 e. The SMILES string of the molecule is CSc1ncc2c(n1)CN(C1CCCN(C(=O)O)C1)C2=O. The van der Waals surface area contributed by atoms with E-state index in [0.29, 0.717) is 30.4 Å². The molecule has 1 atom stereocenters. The van der Waals surface area contributed by atoms with Gasteiger partial charge in [0.15, 0.2) is 5.16 Å². The number of hydrogen-bond acceptors (Lipinski definition) is 5. The van der Waals surface area contributed by atoms with Crippen molar-refractivity contribution in [2.75, 3.05) is 19.3 Å². The van der Waals surface area contributed by atoms with Gasteiger partial charge in [0.1, 0.15) is 0 Å². The lowest BCUT2D eigenvalue weighted by atomic mass is 10.0. The smallest absolute Gasteiger partial charge is 0.407 e. The zero-order chi connectivity index (χ0) is 15.0. The molecule has 2 amide bonds. The molecule has 1 saturated heterocycles. The summed E-state index contributed by atoms with van der Waals surface area (Å²) in [7, 11) is 0. The van der Waals surface area contributed by atoms with E-state index >= 15 is 0 Å². The standard InChI is InChI=1S/C13H16N4O3S/c1-21-12-14-5-9-10(15-12)7-17(11(9)18)8-3-2-4-16(6-8)13(19)20/h5,8H,2-4,6-7H2,1H3,(H,19,20). The van der Waals surface area contributed by atoms with Crippen molar-refractivity contribution >= 4 is 23.8 Å². The van der Waals surface area contributed by atoms with E-state index in [1.807, 2.05) is 6.26 Å². The van der Waals surface area contributed by atoms with Crippen LogP contribution in [0.2, 0.25) is 0 Å². The number of carboxylic acid groups (broad SMARTS) is 1. The second-order valence-corrected chi connectivity index (χ2v) is 5.95. The number of aromatic nitrogens is 2. The molecule has 0 spiro atoms. The van der Waals surface area contributed by atoms with E-state index in [1.165, 1.54) is 16.7 Å². The van der Waals surface area contributed by atoms with E-state index in [0.717, 1.165) is 18.5 Å². The topological polar surface area (TPSA) is 86.6 Å². The number of likely N-dealkylation sites (tertiary alicyclic amines) is 1. The van der Waals surface area contributed by atoms with Crippen molar-refractivity contribution in [1.29, 1.82) is 0 Å². The van der Waals surface area contributed by atoms with E-state index in [-0.39, 0.29) is 11.9 Å². The van der Waals surface area contributed by atoms with Crippen molar-refractivity contribution in [3.05, 3.63) is 17.5 Å². The Morgan fingerprint density at radius 1 is 1.52 bits per heavy atom. The molecule has 1 aromatic heterocycles. The van der Waals surface area contributed by atoms with Crippen LogP contribution in [0.25, 0.3) is 0 Å². The van der Waals surface area contributed by atoms with E-state index in [2.05, 4.69) is 9.97 Å². The molecule has 8 heteroatoms. The molecule has 2 aliphatic heterocycles. The zero-order valence-corrected chi connectivity index (χ0v) is 12.5. The third-order valence-corrected chi connectivity index (χ3v) is 4.51. The van der Waals surface area contributed by atoms with Gasteiger partial charge in [-0.15, -0.1) is 0 Å². The number of carbonyl (C=O) groups is 2. The lowest BCUT2D eigenvalue weighted by molar-refractivity contribution is 0.0558. The van der Waals surface area contributed by atoms with Gasteiger partial charge in [-0.05, 0) is 19.1 Å². The predicted molar refractivity (Wildman–Crippen MR) is 76.3 cm³/mol. The van der Waals surface area contributed by atoms with Crippen LogP contribution in [-0.2, 0) is 6.54 Å². The van der Waals surface area contributed by atoms with Crippen molar-refractivity contribution in [3.63, 3.8) is 0 Å². The van der Waals surface area contributed by atoms with Gasteiger partial charge in [0.2, 0.25) is 0 Å². The molecule has 7 nitrogen and oxygen atoms in total. The second kappa shape index (κ2) is 5.51. The maximum absolute atomic E-state index is 12.4. The van der Waals surface area contributed by atoms with Crippen LogP contribution in [0, 0.1) is 0 Å². The number of nitrogens with zero attached hydrogens (tertiary/aromatic N) is 4. The summed E-state index contributed by atoms with van der Waals surface area (Å²) in [4.78, 5) is 35.2. The summed E-state index contributed by atoms with van der Waals surface area (Å²) in [5.41, 5.74) is 1.28. The maximum atomic E-state index is 12.4. The average Bonchev–Trinajstić information content (AvgIpc) is 2.84. The monoisotopic (exact) mass is 308 g/mol. The summed E-state index contributed by atoms with van der Waals surface area (Å²) in [6, 6.07) is -0.0747. The molecule has 112 valence electrons. The molecule has 1 unspecified atom stereocenters. The fourth-order valence-corrected chi connectivity index (χ4v) is 3.22. The summed E-state index contributed by atoms with van der Waals surface area (Å²) in [5.74, 6) is -0.0881. The van der Waals surface area contributed by atoms with E-state index < -0.39 is 6.09 Å². The van der Waals surface area contributed by atoms with Crippen molar-refractivity contribution in [3.8, 4) is 0 Å². The Bertz CT molecular complexity index is 595. The Hall–Kier alpha value is -1.83. The maximum Gasteiger partial charge on any atom is 0.407 e. The van der Waals surface area contributed by atoms with E-state index in [4.69, 9.17) is 5.11 Å². The summed E-state index contributed by atoms with van der Waals surface area (Å²) >= 11 is 1.44. The summed E-state index contributed by atoms with van der Waals surface area (Å²) in [6.07, 6.45) is 4.15. The highest BCUT2D eigenvalue weighted by molar-refractivity contribution is 7.98. The van der Waals surface area contributed by atoms with Gasteiger partial charge in [-0.2, -0.15) is 0 Å². The van der Waals surface area contributed by atoms with Crippen LogP contribution in [0.3, 0.4) is 0 Å². The lowest BCUT2D eigenvalue weighted by Gasteiger charge is -2.36. The first-order chi connectivity index (χ1) is 10.1. The Balaban J connectivity index is 1.79. The fraction of sp³-hybridized carbons (Fsp3) is 0.538. The van der Waals surface area contributed by atoms with Crippen LogP contribution < -0.4 is 0 Å². The molecule has 1 aromatic rings. The van der Waals surface area contributed by atoms with Crippen molar-refractivity contribution in [2.24, 2.45) is 0 Å². The fourth-order valence-electron chi connectivity index (χ4n) is 2.86.